The predicted molar refractivity (Wildman–Crippen MR) is 86.1 cm³/mol. The molecule has 1 heterocycles. The second-order valence-electron chi connectivity index (χ2n) is 5.69. The molecule has 1 fully saturated rings. The quantitative estimate of drug-likeness (QED) is 0.724. The molecule has 1 aliphatic heterocycles. The van der Waals surface area contributed by atoms with Crippen molar-refractivity contribution in [3.8, 4) is 0 Å². The van der Waals surface area contributed by atoms with Gasteiger partial charge < -0.3 is 18.2 Å². The van der Waals surface area contributed by atoms with Gasteiger partial charge in [0.25, 0.3) is 0 Å². The first-order valence-electron chi connectivity index (χ1n) is 7.67. The van der Waals surface area contributed by atoms with Crippen LogP contribution in [0.2, 0.25) is 0 Å². The molecule has 4 nitrogen and oxygen atoms in total. The Balaban J connectivity index is 1.97. The molecule has 118 valence electrons. The number of likely N-dealkylation sites (N-methyl/N-ethyl adjacent to an activating group) is 1. The van der Waals surface area contributed by atoms with Crippen molar-refractivity contribution in [1.82, 2.24) is 4.90 Å². The van der Waals surface area contributed by atoms with Gasteiger partial charge in [0.2, 0.25) is 0 Å². The summed E-state index contributed by atoms with van der Waals surface area (Å²) < 4.78 is 17.6. The summed E-state index contributed by atoms with van der Waals surface area (Å²) >= 11 is 0. The van der Waals surface area contributed by atoms with E-state index in [1.807, 2.05) is 18.2 Å². The lowest BCUT2D eigenvalue weighted by Gasteiger charge is -2.35. The highest BCUT2D eigenvalue weighted by molar-refractivity contribution is 6.60. The van der Waals surface area contributed by atoms with Crippen LogP contribution in [0.15, 0.2) is 30.3 Å². The Labute approximate surface area is 129 Å². The Morgan fingerprint density at radius 3 is 2.48 bits per heavy atom. The van der Waals surface area contributed by atoms with E-state index in [1.54, 1.807) is 14.2 Å². The maximum atomic E-state index is 6.19. The average Bonchev–Trinajstić information content (AvgIpc) is 2.54. The average molecular weight is 309 g/mol. The van der Waals surface area contributed by atoms with Gasteiger partial charge in [0, 0.05) is 26.3 Å². The van der Waals surface area contributed by atoms with E-state index in [2.05, 4.69) is 24.1 Å². The van der Waals surface area contributed by atoms with E-state index in [9.17, 15) is 0 Å². The largest absolute Gasteiger partial charge is 0.505 e. The highest BCUT2D eigenvalue weighted by atomic mass is 28.4. The third-order valence-corrected chi connectivity index (χ3v) is 6.99. The number of hydrogen-bond donors (Lipinski definition) is 0. The van der Waals surface area contributed by atoms with E-state index in [-0.39, 0.29) is 0 Å². The first-order valence-corrected chi connectivity index (χ1v) is 9.61. The van der Waals surface area contributed by atoms with Crippen molar-refractivity contribution in [2.75, 3.05) is 34.4 Å². The molecule has 0 spiro atoms. The monoisotopic (exact) mass is 309 g/mol. The van der Waals surface area contributed by atoms with Gasteiger partial charge in [-0.2, -0.15) is 0 Å². The minimum Gasteiger partial charge on any atom is -0.377 e. The maximum absolute atomic E-state index is 6.19. The van der Waals surface area contributed by atoms with Crippen LogP contribution in [0.5, 0.6) is 0 Å². The van der Waals surface area contributed by atoms with Crippen molar-refractivity contribution < 1.29 is 13.3 Å². The standard InChI is InChI=1S/C16H27NO3Si/c1-17-12-8-7-11-16(17)13-20-21(18-2,19-3)14-15-9-5-4-6-10-15/h4-6,9-10,16H,7-8,11-14H2,1-3H3. The lowest BCUT2D eigenvalue weighted by molar-refractivity contribution is 0.0534. The molecule has 1 aromatic carbocycles. The van der Waals surface area contributed by atoms with Crippen LogP contribution in [0.4, 0.5) is 0 Å². The normalized spacial score (nSPS) is 20.6. The lowest BCUT2D eigenvalue weighted by Crippen LogP contribution is -2.50. The first kappa shape index (κ1) is 16.6. The number of rotatable bonds is 7. The van der Waals surface area contributed by atoms with Gasteiger partial charge in [-0.1, -0.05) is 36.8 Å². The molecule has 0 N–H and O–H groups in total. The summed E-state index contributed by atoms with van der Waals surface area (Å²) in [5, 5.41) is 0. The fourth-order valence-corrected chi connectivity index (χ4v) is 4.80. The molecule has 1 aromatic rings. The Hall–Kier alpha value is -0.723. The van der Waals surface area contributed by atoms with Gasteiger partial charge in [0.1, 0.15) is 0 Å². The second-order valence-corrected chi connectivity index (χ2v) is 8.52. The molecule has 5 heteroatoms. The summed E-state index contributed by atoms with van der Waals surface area (Å²) in [5.41, 5.74) is 1.20. The SMILES string of the molecule is CO[Si](Cc1ccccc1)(OC)OCC1CCCCN1C. The fraction of sp³-hybridized carbons (Fsp3) is 0.625. The Bertz CT molecular complexity index is 411. The number of likely N-dealkylation sites (tertiary alicyclic amines) is 1. The highest BCUT2D eigenvalue weighted by Crippen LogP contribution is 2.20. The van der Waals surface area contributed by atoms with E-state index in [1.165, 1.54) is 24.8 Å². The fourth-order valence-electron chi connectivity index (χ4n) is 2.82. The summed E-state index contributed by atoms with van der Waals surface area (Å²) in [7, 11) is 2.94. The van der Waals surface area contributed by atoms with E-state index in [0.29, 0.717) is 12.6 Å². The first-order chi connectivity index (χ1) is 10.2. The zero-order valence-corrected chi connectivity index (χ0v) is 14.4. The van der Waals surface area contributed by atoms with Crippen LogP contribution in [-0.2, 0) is 19.3 Å². The zero-order valence-electron chi connectivity index (χ0n) is 13.4. The van der Waals surface area contributed by atoms with Crippen LogP contribution in [-0.4, -0.2) is 54.2 Å². The van der Waals surface area contributed by atoms with Crippen LogP contribution >= 0.6 is 0 Å². The van der Waals surface area contributed by atoms with Crippen LogP contribution in [0, 0.1) is 0 Å². The number of hydrogen-bond acceptors (Lipinski definition) is 4. The minimum absolute atomic E-state index is 0.478. The van der Waals surface area contributed by atoms with Gasteiger partial charge in [0.05, 0.1) is 6.61 Å². The minimum atomic E-state index is -2.62. The maximum Gasteiger partial charge on any atom is 0.505 e. The molecule has 21 heavy (non-hydrogen) atoms. The third kappa shape index (κ3) is 4.62. The van der Waals surface area contributed by atoms with Gasteiger partial charge in [-0.3, -0.25) is 0 Å². The smallest absolute Gasteiger partial charge is 0.377 e. The van der Waals surface area contributed by atoms with E-state index in [0.717, 1.165) is 12.6 Å². The Morgan fingerprint density at radius 2 is 1.86 bits per heavy atom. The molecule has 0 amide bonds. The van der Waals surface area contributed by atoms with E-state index >= 15 is 0 Å². The summed E-state index contributed by atoms with van der Waals surface area (Å²) in [6.07, 6.45) is 3.76. The van der Waals surface area contributed by atoms with Crippen LogP contribution in [0.3, 0.4) is 0 Å². The number of nitrogens with zero attached hydrogens (tertiary/aromatic N) is 1. The summed E-state index contributed by atoms with van der Waals surface area (Å²) in [6, 6.07) is 11.5. The summed E-state index contributed by atoms with van der Waals surface area (Å²) in [6.45, 7) is 1.85. The van der Waals surface area contributed by atoms with E-state index in [4.69, 9.17) is 13.3 Å². The molecule has 1 atom stereocenters. The Kier molecular flexibility index (Phi) is 6.38. The number of benzene rings is 1. The van der Waals surface area contributed by atoms with Gasteiger partial charge in [-0.25, -0.2) is 0 Å². The molecular formula is C16H27NO3Si. The molecule has 0 bridgehead atoms. The molecular weight excluding hydrogens is 282 g/mol. The van der Waals surface area contributed by atoms with Crippen molar-refractivity contribution in [3.05, 3.63) is 35.9 Å². The highest BCUT2D eigenvalue weighted by Gasteiger charge is 2.40. The van der Waals surface area contributed by atoms with Crippen LogP contribution in [0.25, 0.3) is 0 Å². The van der Waals surface area contributed by atoms with Crippen LogP contribution < -0.4 is 0 Å². The molecule has 0 aliphatic carbocycles. The lowest BCUT2D eigenvalue weighted by atomic mass is 10.0. The zero-order chi connectivity index (χ0) is 15.1. The topological polar surface area (TPSA) is 30.9 Å². The van der Waals surface area contributed by atoms with Gasteiger partial charge in [-0.05, 0) is 32.0 Å². The molecule has 2 rings (SSSR count). The molecule has 1 aliphatic rings. The van der Waals surface area contributed by atoms with E-state index < -0.39 is 8.80 Å². The van der Waals surface area contributed by atoms with Crippen molar-refractivity contribution >= 4 is 8.80 Å². The third-order valence-electron chi connectivity index (χ3n) is 4.30. The Morgan fingerprint density at radius 1 is 1.14 bits per heavy atom. The van der Waals surface area contributed by atoms with Gasteiger partial charge >= 0.3 is 8.80 Å². The molecule has 1 saturated heterocycles. The summed E-state index contributed by atoms with van der Waals surface area (Å²) in [5.74, 6) is 0. The molecule has 1 unspecified atom stereocenters. The van der Waals surface area contributed by atoms with Gasteiger partial charge in [0.15, 0.2) is 0 Å². The van der Waals surface area contributed by atoms with Gasteiger partial charge in [-0.15, -0.1) is 0 Å². The van der Waals surface area contributed by atoms with Crippen molar-refractivity contribution in [3.63, 3.8) is 0 Å². The van der Waals surface area contributed by atoms with Crippen molar-refractivity contribution in [2.45, 2.75) is 31.3 Å². The molecule has 0 saturated carbocycles. The van der Waals surface area contributed by atoms with Crippen LogP contribution in [0.1, 0.15) is 24.8 Å². The molecule has 0 radical (unpaired) electrons. The predicted octanol–water partition coefficient (Wildman–Crippen LogP) is 2.50. The second kappa shape index (κ2) is 8.05. The van der Waals surface area contributed by atoms with Crippen molar-refractivity contribution in [2.24, 2.45) is 0 Å². The summed E-state index contributed by atoms with van der Waals surface area (Å²) in [4.78, 5) is 2.39. The number of piperidine rings is 1. The van der Waals surface area contributed by atoms with Crippen molar-refractivity contribution in [1.29, 1.82) is 0 Å². The molecule has 0 aromatic heterocycles.